The molecule has 1 aliphatic rings. The monoisotopic (exact) mass is 135 g/mol. The van der Waals surface area contributed by atoms with Crippen molar-refractivity contribution in [3.05, 3.63) is 0 Å². The second-order valence-electron chi connectivity index (χ2n) is 1.38. The van der Waals surface area contributed by atoms with Gasteiger partial charge in [-0.2, -0.15) is 5.48 Å². The summed E-state index contributed by atoms with van der Waals surface area (Å²) in [5.41, 5.74) is 2.32. The number of hydroxylamine groups is 1. The fourth-order valence-corrected chi connectivity index (χ4v) is 0.949. The van der Waals surface area contributed by atoms with Gasteiger partial charge in [0.2, 0.25) is 0 Å². The summed E-state index contributed by atoms with van der Waals surface area (Å²) in [7, 11) is 0. The van der Waals surface area contributed by atoms with Gasteiger partial charge in [-0.3, -0.25) is 4.79 Å². The molecular weight excluding hydrogens is 130 g/mol. The maximum Gasteiger partial charge on any atom is 0.324 e. The summed E-state index contributed by atoms with van der Waals surface area (Å²) in [6.07, 6.45) is 0. The van der Waals surface area contributed by atoms with Crippen molar-refractivity contribution in [2.75, 3.05) is 5.75 Å². The first-order valence-corrected chi connectivity index (χ1v) is 2.98. The fourth-order valence-electron chi connectivity index (χ4n) is 0.350. The Balaban J connectivity index is 2.35. The van der Waals surface area contributed by atoms with Crippen LogP contribution in [0.4, 0.5) is 0 Å². The van der Waals surface area contributed by atoms with Gasteiger partial charge in [-0.05, 0) is 0 Å². The van der Waals surface area contributed by atoms with Gasteiger partial charge >= 0.3 is 5.97 Å². The first-order valence-electron chi connectivity index (χ1n) is 2.07. The minimum atomic E-state index is -0.866. The fraction of sp³-hybridized carbons (Fsp3) is 0.667. The Labute approximate surface area is 50.4 Å². The summed E-state index contributed by atoms with van der Waals surface area (Å²) in [6.45, 7) is 0. The Morgan fingerprint density at radius 3 is 3.00 bits per heavy atom. The van der Waals surface area contributed by atoms with Crippen LogP contribution in [0.15, 0.2) is 0 Å². The SMILES string of the molecule is O=C(O)[C@H]1CSON1. The molecule has 1 fully saturated rings. The van der Waals surface area contributed by atoms with Crippen molar-refractivity contribution in [1.82, 2.24) is 5.48 Å². The summed E-state index contributed by atoms with van der Waals surface area (Å²) in [6, 6.07) is -0.528. The van der Waals surface area contributed by atoms with Gasteiger partial charge in [-0.1, -0.05) is 0 Å². The standard InChI is InChI=1S/C3H5NO3S/c5-3(6)2-1-8-7-4-2/h2,4H,1H2,(H,5,6)/t2-/m1/s1. The van der Waals surface area contributed by atoms with Crippen LogP contribution in [-0.4, -0.2) is 22.9 Å². The molecule has 0 radical (unpaired) electrons. The zero-order valence-corrected chi connectivity index (χ0v) is 4.77. The van der Waals surface area contributed by atoms with Crippen LogP contribution < -0.4 is 5.48 Å². The zero-order chi connectivity index (χ0) is 5.98. The summed E-state index contributed by atoms with van der Waals surface area (Å²) in [5.74, 6) is -0.384. The molecule has 0 saturated carbocycles. The molecule has 0 spiro atoms. The van der Waals surface area contributed by atoms with E-state index in [0.717, 1.165) is 12.0 Å². The number of carboxylic acid groups (broad SMARTS) is 1. The minimum Gasteiger partial charge on any atom is -0.480 e. The van der Waals surface area contributed by atoms with Crippen LogP contribution in [0, 0.1) is 0 Å². The predicted octanol–water partition coefficient (Wildman–Crippen LogP) is -0.377. The molecule has 5 heteroatoms. The van der Waals surface area contributed by atoms with Crippen LogP contribution in [0.5, 0.6) is 0 Å². The first-order chi connectivity index (χ1) is 3.80. The van der Waals surface area contributed by atoms with Crippen LogP contribution in [0.3, 0.4) is 0 Å². The molecule has 0 bridgehead atoms. The highest BCUT2D eigenvalue weighted by atomic mass is 32.2. The molecule has 1 rings (SSSR count). The number of nitrogens with one attached hydrogen (secondary N) is 1. The van der Waals surface area contributed by atoms with E-state index in [1.54, 1.807) is 0 Å². The molecular formula is C3H5NO3S. The smallest absolute Gasteiger partial charge is 0.324 e. The molecule has 0 amide bonds. The van der Waals surface area contributed by atoms with Crippen molar-refractivity contribution in [3.63, 3.8) is 0 Å². The molecule has 46 valence electrons. The Bertz CT molecular complexity index is 101. The maximum atomic E-state index is 10.0. The summed E-state index contributed by atoms with van der Waals surface area (Å²) in [4.78, 5) is 10.0. The molecule has 1 aliphatic heterocycles. The lowest BCUT2D eigenvalue weighted by Crippen LogP contribution is -2.31. The van der Waals surface area contributed by atoms with Crippen molar-refractivity contribution in [3.8, 4) is 0 Å². The average molecular weight is 135 g/mol. The average Bonchev–Trinajstić information content (AvgIpc) is 2.12. The number of hydrogen-bond donors (Lipinski definition) is 2. The Morgan fingerprint density at radius 2 is 2.75 bits per heavy atom. The Morgan fingerprint density at radius 1 is 2.00 bits per heavy atom. The third-order valence-corrected chi connectivity index (χ3v) is 1.47. The number of hydrogen-bond acceptors (Lipinski definition) is 4. The highest BCUT2D eigenvalue weighted by molar-refractivity contribution is 7.94. The largest absolute Gasteiger partial charge is 0.480 e. The lowest BCUT2D eigenvalue weighted by Gasteiger charge is -1.95. The lowest BCUT2D eigenvalue weighted by molar-refractivity contribution is -0.140. The van der Waals surface area contributed by atoms with Crippen molar-refractivity contribution in [2.24, 2.45) is 0 Å². The second kappa shape index (κ2) is 2.34. The maximum absolute atomic E-state index is 10.0. The van der Waals surface area contributed by atoms with E-state index in [2.05, 4.69) is 9.76 Å². The van der Waals surface area contributed by atoms with Gasteiger partial charge in [-0.15, -0.1) is 0 Å². The van der Waals surface area contributed by atoms with Crippen molar-refractivity contribution >= 4 is 18.0 Å². The van der Waals surface area contributed by atoms with Crippen LogP contribution in [0.25, 0.3) is 0 Å². The predicted molar refractivity (Wildman–Crippen MR) is 28.1 cm³/mol. The van der Waals surface area contributed by atoms with E-state index in [0.29, 0.717) is 5.75 Å². The number of carboxylic acids is 1. The Hall–Kier alpha value is -0.260. The molecule has 2 N–H and O–H groups in total. The van der Waals surface area contributed by atoms with Gasteiger partial charge < -0.3 is 5.11 Å². The lowest BCUT2D eigenvalue weighted by atomic mass is 10.4. The number of aliphatic carboxylic acids is 1. The molecule has 1 atom stereocenters. The van der Waals surface area contributed by atoms with Gasteiger partial charge in [0, 0.05) is 12.0 Å². The summed E-state index contributed by atoms with van der Waals surface area (Å²) < 4.78 is 4.50. The second-order valence-corrected chi connectivity index (χ2v) is 2.11. The van der Waals surface area contributed by atoms with E-state index >= 15 is 0 Å². The van der Waals surface area contributed by atoms with E-state index in [1.807, 2.05) is 0 Å². The van der Waals surface area contributed by atoms with E-state index < -0.39 is 12.0 Å². The highest BCUT2D eigenvalue weighted by Gasteiger charge is 2.22. The number of carbonyl (C=O) groups is 1. The van der Waals surface area contributed by atoms with Crippen LogP contribution in [0.2, 0.25) is 0 Å². The third kappa shape index (κ3) is 1.12. The third-order valence-electron chi connectivity index (χ3n) is 0.782. The molecule has 0 aliphatic carbocycles. The van der Waals surface area contributed by atoms with Gasteiger partial charge in [0.05, 0.1) is 5.75 Å². The van der Waals surface area contributed by atoms with E-state index in [-0.39, 0.29) is 0 Å². The van der Waals surface area contributed by atoms with Crippen molar-refractivity contribution < 1.29 is 14.2 Å². The van der Waals surface area contributed by atoms with Crippen molar-refractivity contribution in [2.45, 2.75) is 6.04 Å². The number of rotatable bonds is 1. The first kappa shape index (κ1) is 5.87. The molecule has 4 nitrogen and oxygen atoms in total. The molecule has 8 heavy (non-hydrogen) atoms. The van der Waals surface area contributed by atoms with Gasteiger partial charge in [0.25, 0.3) is 0 Å². The minimum absolute atomic E-state index is 0.481. The van der Waals surface area contributed by atoms with E-state index in [4.69, 9.17) is 5.11 Å². The topological polar surface area (TPSA) is 58.6 Å². The summed E-state index contributed by atoms with van der Waals surface area (Å²) >= 11 is 1.12. The van der Waals surface area contributed by atoms with Gasteiger partial charge in [0.15, 0.2) is 0 Å². The molecule has 1 saturated heterocycles. The Kier molecular flexibility index (Phi) is 1.72. The molecule has 0 aromatic carbocycles. The molecule has 0 unspecified atom stereocenters. The van der Waals surface area contributed by atoms with Crippen LogP contribution in [-0.2, 0) is 9.08 Å². The van der Waals surface area contributed by atoms with E-state index in [9.17, 15) is 4.79 Å². The normalized spacial score (nSPS) is 28.2. The molecule has 1 heterocycles. The van der Waals surface area contributed by atoms with Crippen LogP contribution in [0.1, 0.15) is 0 Å². The van der Waals surface area contributed by atoms with Gasteiger partial charge in [0.1, 0.15) is 6.04 Å². The molecule has 0 aromatic heterocycles. The molecule has 0 aromatic rings. The van der Waals surface area contributed by atoms with E-state index in [1.165, 1.54) is 0 Å². The zero-order valence-electron chi connectivity index (χ0n) is 3.96. The van der Waals surface area contributed by atoms with Gasteiger partial charge in [-0.25, -0.2) is 4.28 Å². The van der Waals surface area contributed by atoms with Crippen LogP contribution >= 0.6 is 12.0 Å². The van der Waals surface area contributed by atoms with Crippen molar-refractivity contribution in [1.29, 1.82) is 0 Å². The quantitative estimate of drug-likeness (QED) is 0.480. The highest BCUT2D eigenvalue weighted by Crippen LogP contribution is 2.10. The summed E-state index contributed by atoms with van der Waals surface area (Å²) in [5, 5.41) is 8.26.